The van der Waals surface area contributed by atoms with Crippen LogP contribution in [0.15, 0.2) is 36.8 Å². The standard InChI is InChI=1S/C14H13ClN4/c1-19-8-9(6-18-19)11-7-17-13(5-16)10-3-2-4-12(15)14(10)11/h2-4,6-8H,5,16H2,1H3. The summed E-state index contributed by atoms with van der Waals surface area (Å²) in [7, 11) is 1.88. The fraction of sp³-hybridized carbons (Fsp3) is 0.143. The first-order valence-corrected chi connectivity index (χ1v) is 6.33. The molecule has 0 aliphatic carbocycles. The number of pyridine rings is 1. The van der Waals surface area contributed by atoms with E-state index in [4.69, 9.17) is 17.3 Å². The molecular formula is C14H13ClN4. The van der Waals surface area contributed by atoms with Crippen molar-refractivity contribution in [3.05, 3.63) is 47.5 Å². The number of halogens is 1. The number of hydrogen-bond donors (Lipinski definition) is 1. The smallest absolute Gasteiger partial charge is 0.0618 e. The zero-order valence-electron chi connectivity index (χ0n) is 10.5. The Bertz CT molecular complexity index is 748. The summed E-state index contributed by atoms with van der Waals surface area (Å²) >= 11 is 6.35. The van der Waals surface area contributed by atoms with Crippen molar-refractivity contribution in [3.63, 3.8) is 0 Å². The molecule has 0 aliphatic heterocycles. The molecule has 2 heterocycles. The summed E-state index contributed by atoms with van der Waals surface area (Å²) < 4.78 is 1.76. The van der Waals surface area contributed by atoms with Crippen LogP contribution in [0.4, 0.5) is 0 Å². The van der Waals surface area contributed by atoms with Gasteiger partial charge in [0.15, 0.2) is 0 Å². The van der Waals surface area contributed by atoms with E-state index in [0.29, 0.717) is 11.6 Å². The van der Waals surface area contributed by atoms with E-state index in [1.165, 1.54) is 0 Å². The predicted molar refractivity (Wildman–Crippen MR) is 76.8 cm³/mol. The van der Waals surface area contributed by atoms with Crippen LogP contribution in [0, 0.1) is 0 Å². The van der Waals surface area contributed by atoms with Crippen molar-refractivity contribution in [2.24, 2.45) is 12.8 Å². The highest BCUT2D eigenvalue weighted by Crippen LogP contribution is 2.34. The first kappa shape index (κ1) is 12.1. The third kappa shape index (κ3) is 1.99. The number of aromatic nitrogens is 3. The van der Waals surface area contributed by atoms with Crippen LogP contribution in [0.2, 0.25) is 5.02 Å². The molecule has 3 aromatic rings. The van der Waals surface area contributed by atoms with E-state index >= 15 is 0 Å². The third-order valence-corrected chi connectivity index (χ3v) is 3.47. The van der Waals surface area contributed by atoms with Crippen LogP contribution in [-0.4, -0.2) is 14.8 Å². The van der Waals surface area contributed by atoms with Crippen molar-refractivity contribution in [2.45, 2.75) is 6.54 Å². The Morgan fingerprint density at radius 3 is 2.84 bits per heavy atom. The Labute approximate surface area is 115 Å². The fourth-order valence-electron chi connectivity index (χ4n) is 2.26. The van der Waals surface area contributed by atoms with Crippen LogP contribution in [0.25, 0.3) is 21.9 Å². The van der Waals surface area contributed by atoms with E-state index in [-0.39, 0.29) is 0 Å². The van der Waals surface area contributed by atoms with Gasteiger partial charge in [-0.2, -0.15) is 5.10 Å². The molecule has 19 heavy (non-hydrogen) atoms. The number of fused-ring (bicyclic) bond motifs is 1. The third-order valence-electron chi connectivity index (χ3n) is 3.15. The maximum atomic E-state index is 6.35. The zero-order chi connectivity index (χ0) is 13.4. The average Bonchev–Trinajstić information content (AvgIpc) is 2.84. The molecular weight excluding hydrogens is 260 g/mol. The van der Waals surface area contributed by atoms with Gasteiger partial charge in [-0.25, -0.2) is 0 Å². The summed E-state index contributed by atoms with van der Waals surface area (Å²) in [6.07, 6.45) is 5.57. The number of hydrogen-bond acceptors (Lipinski definition) is 3. The van der Waals surface area contributed by atoms with Gasteiger partial charge in [-0.15, -0.1) is 0 Å². The lowest BCUT2D eigenvalue weighted by atomic mass is 10.0. The predicted octanol–water partition coefficient (Wildman–Crippen LogP) is 2.75. The summed E-state index contributed by atoms with van der Waals surface area (Å²) in [5, 5.41) is 6.87. The van der Waals surface area contributed by atoms with Gasteiger partial charge in [0, 0.05) is 52.9 Å². The quantitative estimate of drug-likeness (QED) is 0.780. The normalized spacial score (nSPS) is 11.1. The Balaban J connectivity index is 2.37. The molecule has 4 nitrogen and oxygen atoms in total. The molecule has 0 amide bonds. The van der Waals surface area contributed by atoms with Gasteiger partial charge in [0.05, 0.1) is 11.9 Å². The number of rotatable bonds is 2. The van der Waals surface area contributed by atoms with Crippen LogP contribution in [-0.2, 0) is 13.6 Å². The van der Waals surface area contributed by atoms with E-state index in [0.717, 1.165) is 27.6 Å². The molecule has 96 valence electrons. The minimum absolute atomic E-state index is 0.393. The van der Waals surface area contributed by atoms with Crippen molar-refractivity contribution in [2.75, 3.05) is 0 Å². The van der Waals surface area contributed by atoms with Gasteiger partial charge in [-0.1, -0.05) is 23.7 Å². The second-order valence-corrected chi connectivity index (χ2v) is 4.79. The second-order valence-electron chi connectivity index (χ2n) is 4.39. The van der Waals surface area contributed by atoms with E-state index in [1.54, 1.807) is 4.68 Å². The van der Waals surface area contributed by atoms with Gasteiger partial charge in [-0.05, 0) is 6.07 Å². The molecule has 3 rings (SSSR count). The van der Waals surface area contributed by atoms with Crippen LogP contribution < -0.4 is 5.73 Å². The summed E-state index contributed by atoms with van der Waals surface area (Å²) in [6, 6.07) is 5.79. The van der Waals surface area contributed by atoms with E-state index in [2.05, 4.69) is 10.1 Å². The molecule has 0 saturated heterocycles. The molecule has 0 fully saturated rings. The Hall–Kier alpha value is -1.91. The van der Waals surface area contributed by atoms with Gasteiger partial charge < -0.3 is 5.73 Å². The van der Waals surface area contributed by atoms with Crippen molar-refractivity contribution in [3.8, 4) is 11.1 Å². The fourth-order valence-corrected chi connectivity index (χ4v) is 2.53. The molecule has 2 aromatic heterocycles. The molecule has 1 aromatic carbocycles. The number of nitrogens with two attached hydrogens (primary N) is 1. The van der Waals surface area contributed by atoms with Crippen LogP contribution in [0.3, 0.4) is 0 Å². The van der Waals surface area contributed by atoms with Gasteiger partial charge in [0.1, 0.15) is 0 Å². The maximum Gasteiger partial charge on any atom is 0.0618 e. The van der Waals surface area contributed by atoms with Crippen molar-refractivity contribution < 1.29 is 0 Å². The minimum Gasteiger partial charge on any atom is -0.325 e. The molecule has 0 bridgehead atoms. The summed E-state index contributed by atoms with van der Waals surface area (Å²) in [4.78, 5) is 4.43. The Morgan fingerprint density at radius 1 is 1.32 bits per heavy atom. The lowest BCUT2D eigenvalue weighted by molar-refractivity contribution is 0.768. The Kier molecular flexibility index (Phi) is 2.97. The molecule has 0 saturated carbocycles. The largest absolute Gasteiger partial charge is 0.325 e. The number of benzene rings is 1. The summed E-state index contributed by atoms with van der Waals surface area (Å²) in [5.74, 6) is 0. The Morgan fingerprint density at radius 2 is 2.16 bits per heavy atom. The minimum atomic E-state index is 0.393. The topological polar surface area (TPSA) is 56.7 Å². The van der Waals surface area contributed by atoms with Gasteiger partial charge in [0.25, 0.3) is 0 Å². The van der Waals surface area contributed by atoms with E-state index in [9.17, 15) is 0 Å². The highest BCUT2D eigenvalue weighted by atomic mass is 35.5. The summed E-state index contributed by atoms with van der Waals surface area (Å²) in [6.45, 7) is 0.393. The molecule has 0 radical (unpaired) electrons. The average molecular weight is 273 g/mol. The van der Waals surface area contributed by atoms with E-state index in [1.807, 2.05) is 43.8 Å². The van der Waals surface area contributed by atoms with Crippen molar-refractivity contribution >= 4 is 22.4 Å². The number of aryl methyl sites for hydroxylation is 1. The monoisotopic (exact) mass is 272 g/mol. The van der Waals surface area contributed by atoms with Gasteiger partial charge >= 0.3 is 0 Å². The molecule has 0 atom stereocenters. The molecule has 0 spiro atoms. The van der Waals surface area contributed by atoms with Gasteiger partial charge in [-0.3, -0.25) is 9.67 Å². The molecule has 0 unspecified atom stereocenters. The lowest BCUT2D eigenvalue weighted by Gasteiger charge is -2.09. The number of nitrogens with zero attached hydrogens (tertiary/aromatic N) is 3. The van der Waals surface area contributed by atoms with Crippen molar-refractivity contribution in [1.82, 2.24) is 14.8 Å². The van der Waals surface area contributed by atoms with Crippen molar-refractivity contribution in [1.29, 1.82) is 0 Å². The summed E-state index contributed by atoms with van der Waals surface area (Å²) in [5.41, 5.74) is 8.56. The second kappa shape index (κ2) is 4.64. The highest BCUT2D eigenvalue weighted by molar-refractivity contribution is 6.36. The molecule has 0 aliphatic rings. The molecule has 5 heteroatoms. The highest BCUT2D eigenvalue weighted by Gasteiger charge is 2.12. The van der Waals surface area contributed by atoms with E-state index < -0.39 is 0 Å². The van der Waals surface area contributed by atoms with Crippen LogP contribution in [0.1, 0.15) is 5.69 Å². The van der Waals surface area contributed by atoms with Crippen LogP contribution in [0.5, 0.6) is 0 Å². The van der Waals surface area contributed by atoms with Crippen LogP contribution >= 0.6 is 11.6 Å². The van der Waals surface area contributed by atoms with Gasteiger partial charge in [0.2, 0.25) is 0 Å². The first-order valence-electron chi connectivity index (χ1n) is 5.96. The SMILES string of the molecule is Cn1cc(-c2cnc(CN)c3cccc(Cl)c23)cn1. The zero-order valence-corrected chi connectivity index (χ0v) is 11.2. The molecule has 2 N–H and O–H groups in total. The lowest BCUT2D eigenvalue weighted by Crippen LogP contribution is -2.01. The maximum absolute atomic E-state index is 6.35. The first-order chi connectivity index (χ1) is 9.20.